The molecular weight excluding hydrogens is 328 g/mol. The number of oxime groups is 1. The molecule has 2 rings (SSSR count). The van der Waals surface area contributed by atoms with Crippen LogP contribution in [0.3, 0.4) is 0 Å². The third-order valence-corrected chi connectivity index (χ3v) is 4.25. The molecular formula is C12H13BrN4OS. The lowest BCUT2D eigenvalue weighted by Crippen LogP contribution is -2.23. The van der Waals surface area contributed by atoms with Crippen molar-refractivity contribution in [1.29, 1.82) is 0 Å². The number of pyridine rings is 1. The molecule has 0 aliphatic rings. The molecule has 0 aliphatic heterocycles. The molecule has 3 N–H and O–H groups in total. The smallest absolute Gasteiger partial charge is 0.190 e. The number of hydrogen-bond donors (Lipinski definition) is 2. The van der Waals surface area contributed by atoms with Gasteiger partial charge in [-0.15, -0.1) is 11.3 Å². The second-order valence-corrected chi connectivity index (χ2v) is 5.86. The van der Waals surface area contributed by atoms with Crippen LogP contribution >= 0.6 is 27.3 Å². The molecule has 0 aromatic carbocycles. The molecule has 0 aliphatic carbocycles. The van der Waals surface area contributed by atoms with Gasteiger partial charge in [0.2, 0.25) is 0 Å². The average Bonchev–Trinajstić information content (AvgIpc) is 2.83. The van der Waals surface area contributed by atoms with Crippen LogP contribution in [-0.4, -0.2) is 23.1 Å². The maximum absolute atomic E-state index is 8.79. The minimum atomic E-state index is 0.00908. The van der Waals surface area contributed by atoms with E-state index in [1.807, 2.05) is 29.5 Å². The predicted octanol–water partition coefficient (Wildman–Crippen LogP) is 2.64. The van der Waals surface area contributed by atoms with Gasteiger partial charge in [0.1, 0.15) is 5.69 Å². The summed E-state index contributed by atoms with van der Waals surface area (Å²) >= 11 is 5.11. The number of anilines is 1. The average molecular weight is 341 g/mol. The fourth-order valence-electron chi connectivity index (χ4n) is 1.71. The van der Waals surface area contributed by atoms with Gasteiger partial charge < -0.3 is 15.8 Å². The molecule has 2 heterocycles. The highest BCUT2D eigenvalue weighted by molar-refractivity contribution is 9.10. The molecule has 0 bridgehead atoms. The van der Waals surface area contributed by atoms with Crippen LogP contribution in [0.4, 0.5) is 5.69 Å². The number of aromatic nitrogens is 1. The van der Waals surface area contributed by atoms with E-state index in [1.54, 1.807) is 17.5 Å². The SMILES string of the molecule is CN(Cc1cc(Br)cs1)c1cccnc1/C(N)=N/O. The van der Waals surface area contributed by atoms with E-state index in [0.717, 1.165) is 16.7 Å². The Bertz CT molecular complexity index is 599. The van der Waals surface area contributed by atoms with Gasteiger partial charge in [-0.3, -0.25) is 4.98 Å². The maximum Gasteiger partial charge on any atom is 0.190 e. The molecule has 0 fully saturated rings. The van der Waals surface area contributed by atoms with Crippen molar-refractivity contribution in [1.82, 2.24) is 4.98 Å². The van der Waals surface area contributed by atoms with Crippen LogP contribution in [0.25, 0.3) is 0 Å². The fourth-order valence-corrected chi connectivity index (χ4v) is 3.21. The molecule has 0 saturated carbocycles. The number of amidine groups is 1. The van der Waals surface area contributed by atoms with Crippen molar-refractivity contribution in [3.8, 4) is 0 Å². The molecule has 0 atom stereocenters. The minimum absolute atomic E-state index is 0.00908. The van der Waals surface area contributed by atoms with Crippen molar-refractivity contribution >= 4 is 38.8 Å². The van der Waals surface area contributed by atoms with Gasteiger partial charge in [-0.25, -0.2) is 0 Å². The van der Waals surface area contributed by atoms with E-state index in [2.05, 4.69) is 32.1 Å². The van der Waals surface area contributed by atoms with Crippen LogP contribution in [0.5, 0.6) is 0 Å². The van der Waals surface area contributed by atoms with E-state index in [4.69, 9.17) is 10.9 Å². The van der Waals surface area contributed by atoms with E-state index in [9.17, 15) is 0 Å². The fraction of sp³-hybridized carbons (Fsp3) is 0.167. The molecule has 19 heavy (non-hydrogen) atoms. The second-order valence-electron chi connectivity index (χ2n) is 3.94. The first kappa shape index (κ1) is 13.8. The summed E-state index contributed by atoms with van der Waals surface area (Å²) in [5.74, 6) is 0.00908. The number of hydrogen-bond acceptors (Lipinski definition) is 5. The van der Waals surface area contributed by atoms with Crippen molar-refractivity contribution in [2.24, 2.45) is 10.9 Å². The molecule has 0 saturated heterocycles. The van der Waals surface area contributed by atoms with Gasteiger partial charge >= 0.3 is 0 Å². The van der Waals surface area contributed by atoms with Gasteiger partial charge in [-0.05, 0) is 34.1 Å². The van der Waals surface area contributed by atoms with E-state index in [0.29, 0.717) is 5.69 Å². The maximum atomic E-state index is 8.79. The lowest BCUT2D eigenvalue weighted by Gasteiger charge is -2.20. The number of nitrogens with zero attached hydrogens (tertiary/aromatic N) is 3. The summed E-state index contributed by atoms with van der Waals surface area (Å²) in [5, 5.41) is 13.8. The Morgan fingerprint density at radius 2 is 2.42 bits per heavy atom. The zero-order chi connectivity index (χ0) is 13.8. The molecule has 0 spiro atoms. The second kappa shape index (κ2) is 6.03. The van der Waals surface area contributed by atoms with E-state index in [1.165, 1.54) is 4.88 Å². The van der Waals surface area contributed by atoms with Crippen molar-refractivity contribution in [2.75, 3.05) is 11.9 Å². The molecule has 0 unspecified atom stereocenters. The third kappa shape index (κ3) is 3.24. The zero-order valence-electron chi connectivity index (χ0n) is 10.2. The molecule has 2 aromatic rings. The first-order chi connectivity index (χ1) is 9.11. The Hall–Kier alpha value is -1.60. The Labute approximate surface area is 123 Å². The quantitative estimate of drug-likeness (QED) is 0.388. The van der Waals surface area contributed by atoms with Gasteiger partial charge in [0.25, 0.3) is 0 Å². The summed E-state index contributed by atoms with van der Waals surface area (Å²) in [6, 6.07) is 5.79. The highest BCUT2D eigenvalue weighted by Gasteiger charge is 2.13. The Balaban J connectivity index is 2.26. The highest BCUT2D eigenvalue weighted by Crippen LogP contribution is 2.24. The van der Waals surface area contributed by atoms with Crippen LogP contribution in [0, 0.1) is 0 Å². The van der Waals surface area contributed by atoms with Gasteiger partial charge in [-0.1, -0.05) is 5.16 Å². The Morgan fingerprint density at radius 3 is 3.05 bits per heavy atom. The number of rotatable bonds is 4. The number of thiophene rings is 1. The highest BCUT2D eigenvalue weighted by atomic mass is 79.9. The molecule has 7 heteroatoms. The zero-order valence-corrected chi connectivity index (χ0v) is 12.6. The molecule has 0 amide bonds. The van der Waals surface area contributed by atoms with Crippen LogP contribution in [0.1, 0.15) is 10.6 Å². The lowest BCUT2D eigenvalue weighted by atomic mass is 10.2. The van der Waals surface area contributed by atoms with Crippen LogP contribution in [-0.2, 0) is 6.54 Å². The van der Waals surface area contributed by atoms with Gasteiger partial charge in [0.05, 0.1) is 12.2 Å². The predicted molar refractivity (Wildman–Crippen MR) is 80.9 cm³/mol. The van der Waals surface area contributed by atoms with Gasteiger partial charge in [0, 0.05) is 28.0 Å². The van der Waals surface area contributed by atoms with Crippen LogP contribution in [0.2, 0.25) is 0 Å². The summed E-state index contributed by atoms with van der Waals surface area (Å²) in [5.41, 5.74) is 6.93. The molecule has 2 aromatic heterocycles. The summed E-state index contributed by atoms with van der Waals surface area (Å²) in [6.45, 7) is 0.730. The van der Waals surface area contributed by atoms with Gasteiger partial charge in [-0.2, -0.15) is 0 Å². The standard InChI is InChI=1S/C12H13BrN4OS/c1-17(6-9-5-8(13)7-19-9)10-3-2-4-15-11(10)12(14)16-18/h2-5,7,18H,6H2,1H3,(H2,14,16). The van der Waals surface area contributed by atoms with Gasteiger partial charge in [0.15, 0.2) is 5.84 Å². The normalized spacial score (nSPS) is 11.6. The van der Waals surface area contributed by atoms with E-state index in [-0.39, 0.29) is 5.84 Å². The molecule has 0 radical (unpaired) electrons. The minimum Gasteiger partial charge on any atom is -0.409 e. The number of halogens is 1. The van der Waals surface area contributed by atoms with Crippen LogP contribution < -0.4 is 10.6 Å². The van der Waals surface area contributed by atoms with Crippen molar-refractivity contribution < 1.29 is 5.21 Å². The monoisotopic (exact) mass is 340 g/mol. The first-order valence-electron chi connectivity index (χ1n) is 5.48. The van der Waals surface area contributed by atoms with E-state index < -0.39 is 0 Å². The van der Waals surface area contributed by atoms with Crippen LogP contribution in [0.15, 0.2) is 39.4 Å². The van der Waals surface area contributed by atoms with Crippen molar-refractivity contribution in [3.05, 3.63) is 44.8 Å². The lowest BCUT2D eigenvalue weighted by molar-refractivity contribution is 0.318. The number of nitrogens with two attached hydrogens (primary N) is 1. The molecule has 5 nitrogen and oxygen atoms in total. The Kier molecular flexibility index (Phi) is 4.39. The van der Waals surface area contributed by atoms with Crippen molar-refractivity contribution in [2.45, 2.75) is 6.54 Å². The third-order valence-electron chi connectivity index (χ3n) is 2.56. The summed E-state index contributed by atoms with van der Waals surface area (Å²) in [7, 11) is 1.94. The summed E-state index contributed by atoms with van der Waals surface area (Å²) in [4.78, 5) is 7.38. The topological polar surface area (TPSA) is 74.7 Å². The Morgan fingerprint density at radius 1 is 1.63 bits per heavy atom. The first-order valence-corrected chi connectivity index (χ1v) is 7.16. The summed E-state index contributed by atoms with van der Waals surface area (Å²) < 4.78 is 1.07. The van der Waals surface area contributed by atoms with Crippen molar-refractivity contribution in [3.63, 3.8) is 0 Å². The summed E-state index contributed by atoms with van der Waals surface area (Å²) in [6.07, 6.45) is 1.62. The molecule has 100 valence electrons. The van der Waals surface area contributed by atoms with E-state index >= 15 is 0 Å². The largest absolute Gasteiger partial charge is 0.409 e.